The fourth-order valence-corrected chi connectivity index (χ4v) is 1.95. The first-order chi connectivity index (χ1) is 12.1. The van der Waals surface area contributed by atoms with Crippen LogP contribution < -0.4 is 22.5 Å². The number of benzene rings is 2. The van der Waals surface area contributed by atoms with Crippen LogP contribution in [0.2, 0.25) is 0 Å². The van der Waals surface area contributed by atoms with E-state index in [2.05, 4.69) is 15.3 Å². The lowest BCUT2D eigenvalue weighted by molar-refractivity contribution is -0.137. The Morgan fingerprint density at radius 2 is 1.65 bits per heavy atom. The summed E-state index contributed by atoms with van der Waals surface area (Å²) in [6.45, 7) is 0. The van der Waals surface area contributed by atoms with Gasteiger partial charge in [0.15, 0.2) is 5.96 Å². The first kappa shape index (κ1) is 18.8. The molecule has 0 atom stereocenters. The van der Waals surface area contributed by atoms with E-state index < -0.39 is 17.6 Å². The highest BCUT2D eigenvalue weighted by atomic mass is 19.4. The SMILES string of the molecule is NC(N)=NC(N)=Nc1ccc(C(=O)Nc2cccc(C(F)(F)F)c2)cc1. The van der Waals surface area contributed by atoms with Gasteiger partial charge in [-0.2, -0.15) is 18.2 Å². The van der Waals surface area contributed by atoms with Crippen molar-refractivity contribution >= 4 is 29.2 Å². The van der Waals surface area contributed by atoms with Gasteiger partial charge >= 0.3 is 6.18 Å². The summed E-state index contributed by atoms with van der Waals surface area (Å²) in [6, 6.07) is 10.2. The van der Waals surface area contributed by atoms with Crippen molar-refractivity contribution in [1.29, 1.82) is 0 Å². The van der Waals surface area contributed by atoms with Crippen molar-refractivity contribution < 1.29 is 18.0 Å². The number of nitrogens with two attached hydrogens (primary N) is 3. The highest BCUT2D eigenvalue weighted by Gasteiger charge is 2.30. The van der Waals surface area contributed by atoms with Crippen molar-refractivity contribution in [2.24, 2.45) is 27.2 Å². The Morgan fingerprint density at radius 1 is 1.00 bits per heavy atom. The number of nitrogens with one attached hydrogen (secondary N) is 1. The van der Waals surface area contributed by atoms with Crippen molar-refractivity contribution in [2.45, 2.75) is 6.18 Å². The molecule has 0 aliphatic carbocycles. The molecule has 0 radical (unpaired) electrons. The molecule has 0 aliphatic rings. The van der Waals surface area contributed by atoms with Crippen LogP contribution in [0.4, 0.5) is 24.5 Å². The summed E-state index contributed by atoms with van der Waals surface area (Å²) in [5, 5.41) is 2.40. The molecule has 136 valence electrons. The summed E-state index contributed by atoms with van der Waals surface area (Å²) in [6.07, 6.45) is -4.49. The molecular weight excluding hydrogens is 349 g/mol. The van der Waals surface area contributed by atoms with Crippen LogP contribution >= 0.6 is 0 Å². The van der Waals surface area contributed by atoms with Crippen LogP contribution in [0.15, 0.2) is 58.5 Å². The van der Waals surface area contributed by atoms with Gasteiger partial charge in [0.05, 0.1) is 11.3 Å². The van der Waals surface area contributed by atoms with Crippen LogP contribution in [0.25, 0.3) is 0 Å². The quantitative estimate of drug-likeness (QED) is 0.491. The summed E-state index contributed by atoms with van der Waals surface area (Å²) < 4.78 is 38.1. The number of nitrogens with zero attached hydrogens (tertiary/aromatic N) is 2. The third-order valence-electron chi connectivity index (χ3n) is 3.06. The minimum Gasteiger partial charge on any atom is -0.370 e. The van der Waals surface area contributed by atoms with Gasteiger partial charge in [-0.15, -0.1) is 0 Å². The predicted octanol–water partition coefficient (Wildman–Crippen LogP) is 2.18. The Morgan fingerprint density at radius 3 is 2.23 bits per heavy atom. The lowest BCUT2D eigenvalue weighted by Gasteiger charge is -2.10. The molecule has 2 aromatic rings. The molecule has 0 spiro atoms. The van der Waals surface area contributed by atoms with E-state index in [0.29, 0.717) is 5.69 Å². The molecule has 1 amide bonds. The summed E-state index contributed by atoms with van der Waals surface area (Å²) in [5.74, 6) is -0.980. The Kier molecular flexibility index (Phi) is 5.45. The average molecular weight is 364 g/mol. The third kappa shape index (κ3) is 5.23. The molecule has 0 aliphatic heterocycles. The number of hydrogen-bond donors (Lipinski definition) is 4. The normalized spacial score (nSPS) is 11.7. The van der Waals surface area contributed by atoms with Gasteiger partial charge in [0.2, 0.25) is 5.96 Å². The zero-order chi connectivity index (χ0) is 19.3. The van der Waals surface area contributed by atoms with Crippen molar-refractivity contribution in [3.63, 3.8) is 0 Å². The maximum absolute atomic E-state index is 12.7. The van der Waals surface area contributed by atoms with Crippen molar-refractivity contribution in [3.8, 4) is 0 Å². The summed E-state index contributed by atoms with van der Waals surface area (Å²) in [5.41, 5.74) is 15.6. The van der Waals surface area contributed by atoms with Crippen LogP contribution in [0.1, 0.15) is 15.9 Å². The van der Waals surface area contributed by atoms with E-state index in [0.717, 1.165) is 12.1 Å². The molecule has 7 nitrogen and oxygen atoms in total. The second kappa shape index (κ2) is 7.55. The molecule has 10 heteroatoms. The lowest BCUT2D eigenvalue weighted by Crippen LogP contribution is -2.26. The number of carbonyl (C=O) groups excluding carboxylic acids is 1. The fraction of sp³-hybridized carbons (Fsp3) is 0.0625. The van der Waals surface area contributed by atoms with Crippen molar-refractivity contribution in [1.82, 2.24) is 0 Å². The van der Waals surface area contributed by atoms with Crippen LogP contribution in [-0.4, -0.2) is 17.8 Å². The molecule has 2 rings (SSSR count). The van der Waals surface area contributed by atoms with E-state index in [9.17, 15) is 18.0 Å². The van der Waals surface area contributed by atoms with E-state index in [1.54, 1.807) is 0 Å². The van der Waals surface area contributed by atoms with Gasteiger partial charge in [-0.3, -0.25) is 4.79 Å². The first-order valence-corrected chi connectivity index (χ1v) is 7.17. The largest absolute Gasteiger partial charge is 0.416 e. The summed E-state index contributed by atoms with van der Waals surface area (Å²) >= 11 is 0. The van der Waals surface area contributed by atoms with Gasteiger partial charge in [0.25, 0.3) is 5.91 Å². The van der Waals surface area contributed by atoms with Gasteiger partial charge in [0.1, 0.15) is 0 Å². The Hall–Kier alpha value is -3.56. The zero-order valence-corrected chi connectivity index (χ0v) is 13.3. The topological polar surface area (TPSA) is 132 Å². The maximum atomic E-state index is 12.7. The van der Waals surface area contributed by atoms with Crippen molar-refractivity contribution in [3.05, 3.63) is 59.7 Å². The predicted molar refractivity (Wildman–Crippen MR) is 92.9 cm³/mol. The number of alkyl halides is 3. The Bertz CT molecular complexity index is 855. The molecule has 26 heavy (non-hydrogen) atoms. The molecule has 2 aromatic carbocycles. The monoisotopic (exact) mass is 364 g/mol. The highest BCUT2D eigenvalue weighted by molar-refractivity contribution is 6.04. The number of rotatable bonds is 3. The van der Waals surface area contributed by atoms with Crippen LogP contribution in [0, 0.1) is 0 Å². The number of anilines is 1. The second-order valence-electron chi connectivity index (χ2n) is 5.09. The van der Waals surface area contributed by atoms with E-state index in [1.807, 2.05) is 0 Å². The molecular formula is C16H15F3N6O. The third-order valence-corrected chi connectivity index (χ3v) is 3.06. The Balaban J connectivity index is 2.13. The van der Waals surface area contributed by atoms with Crippen molar-refractivity contribution in [2.75, 3.05) is 5.32 Å². The highest BCUT2D eigenvalue weighted by Crippen LogP contribution is 2.30. The summed E-state index contributed by atoms with van der Waals surface area (Å²) in [4.78, 5) is 19.6. The summed E-state index contributed by atoms with van der Waals surface area (Å²) in [7, 11) is 0. The number of carbonyl (C=O) groups is 1. The molecule has 0 unspecified atom stereocenters. The van der Waals surface area contributed by atoms with Gasteiger partial charge in [-0.05, 0) is 42.5 Å². The van der Waals surface area contributed by atoms with Gasteiger partial charge in [0, 0.05) is 11.3 Å². The maximum Gasteiger partial charge on any atom is 0.416 e. The molecule has 0 saturated heterocycles. The second-order valence-corrected chi connectivity index (χ2v) is 5.09. The minimum atomic E-state index is -4.49. The van der Waals surface area contributed by atoms with Gasteiger partial charge < -0.3 is 22.5 Å². The molecule has 0 saturated carbocycles. The van der Waals surface area contributed by atoms with E-state index in [4.69, 9.17) is 17.2 Å². The number of halogens is 3. The van der Waals surface area contributed by atoms with Crippen LogP contribution in [0.5, 0.6) is 0 Å². The molecule has 7 N–H and O–H groups in total. The van der Waals surface area contributed by atoms with Crippen LogP contribution in [-0.2, 0) is 6.18 Å². The van der Waals surface area contributed by atoms with E-state index in [1.165, 1.54) is 36.4 Å². The fourth-order valence-electron chi connectivity index (χ4n) is 1.95. The van der Waals surface area contributed by atoms with Gasteiger partial charge in [-0.25, -0.2) is 4.99 Å². The smallest absolute Gasteiger partial charge is 0.370 e. The first-order valence-electron chi connectivity index (χ1n) is 7.17. The number of aliphatic imine (C=N–C) groups is 2. The van der Waals surface area contributed by atoms with Gasteiger partial charge in [-0.1, -0.05) is 6.07 Å². The zero-order valence-electron chi connectivity index (χ0n) is 13.3. The average Bonchev–Trinajstić information content (AvgIpc) is 2.54. The van der Waals surface area contributed by atoms with E-state index in [-0.39, 0.29) is 23.2 Å². The van der Waals surface area contributed by atoms with E-state index >= 15 is 0 Å². The number of guanidine groups is 2. The molecule has 0 heterocycles. The molecule has 0 bridgehead atoms. The lowest BCUT2D eigenvalue weighted by atomic mass is 10.1. The number of amides is 1. The minimum absolute atomic E-state index is 0.0314. The number of hydrogen-bond acceptors (Lipinski definition) is 2. The molecule has 0 aromatic heterocycles. The Labute approximate surface area is 146 Å². The molecule has 0 fully saturated rings. The van der Waals surface area contributed by atoms with Crippen LogP contribution in [0.3, 0.4) is 0 Å². The standard InChI is InChI=1S/C16H15F3N6O/c17-16(18,19)10-2-1-3-12(8-10)23-13(26)9-4-6-11(7-5-9)24-15(22)25-14(20)21/h1-8H,(H,23,26)(H6,20,21,22,24,25).